The maximum absolute atomic E-state index is 10.3. The van der Waals surface area contributed by atoms with Gasteiger partial charge >= 0.3 is 5.88 Å². The van der Waals surface area contributed by atoms with Gasteiger partial charge in [-0.1, -0.05) is 11.3 Å². The van der Waals surface area contributed by atoms with Gasteiger partial charge < -0.3 is 10.2 Å². The molecule has 2 rings (SSSR count). The van der Waals surface area contributed by atoms with Gasteiger partial charge in [-0.15, -0.1) is 0 Å². The minimum Gasteiger partial charge on any atom is -0.400 e. The van der Waals surface area contributed by atoms with Crippen LogP contribution in [0.25, 0.3) is 10.6 Å². The SMILES string of the molecule is Nc1ncc(-c2ccc([N+](=O)[O-])o2)s1. The summed E-state index contributed by atoms with van der Waals surface area (Å²) in [5.74, 6) is 0.123. The van der Waals surface area contributed by atoms with Gasteiger partial charge in [0.1, 0.15) is 4.92 Å². The molecule has 0 aliphatic carbocycles. The molecule has 0 radical (unpaired) electrons. The molecule has 2 heterocycles. The largest absolute Gasteiger partial charge is 0.433 e. The topological polar surface area (TPSA) is 95.2 Å². The molecule has 0 bridgehead atoms. The lowest BCUT2D eigenvalue weighted by atomic mass is 10.4. The number of nitro groups is 1. The van der Waals surface area contributed by atoms with Crippen LogP contribution in [0.2, 0.25) is 0 Å². The Morgan fingerprint density at radius 3 is 2.86 bits per heavy atom. The van der Waals surface area contributed by atoms with E-state index in [0.717, 1.165) is 0 Å². The first-order chi connectivity index (χ1) is 6.66. The van der Waals surface area contributed by atoms with Gasteiger partial charge in [0, 0.05) is 0 Å². The molecule has 7 heteroatoms. The van der Waals surface area contributed by atoms with Crippen LogP contribution in [0.15, 0.2) is 22.7 Å². The highest BCUT2D eigenvalue weighted by molar-refractivity contribution is 7.18. The van der Waals surface area contributed by atoms with E-state index in [4.69, 9.17) is 10.2 Å². The van der Waals surface area contributed by atoms with Crippen molar-refractivity contribution < 1.29 is 9.34 Å². The summed E-state index contributed by atoms with van der Waals surface area (Å²) in [6.45, 7) is 0. The van der Waals surface area contributed by atoms with Gasteiger partial charge in [0.15, 0.2) is 10.9 Å². The Kier molecular flexibility index (Phi) is 1.93. The lowest BCUT2D eigenvalue weighted by Crippen LogP contribution is -1.82. The van der Waals surface area contributed by atoms with Gasteiger partial charge in [-0.05, 0) is 6.07 Å². The molecule has 0 saturated heterocycles. The van der Waals surface area contributed by atoms with Crippen LogP contribution in [0.3, 0.4) is 0 Å². The molecule has 0 spiro atoms. The number of hydrogen-bond acceptors (Lipinski definition) is 6. The molecule has 2 N–H and O–H groups in total. The normalized spacial score (nSPS) is 10.3. The smallest absolute Gasteiger partial charge is 0.400 e. The summed E-state index contributed by atoms with van der Waals surface area (Å²) in [7, 11) is 0. The lowest BCUT2D eigenvalue weighted by Gasteiger charge is -1.85. The molecule has 0 aromatic carbocycles. The van der Waals surface area contributed by atoms with Crippen molar-refractivity contribution in [2.24, 2.45) is 0 Å². The molecule has 0 aliphatic heterocycles. The summed E-state index contributed by atoms with van der Waals surface area (Å²) in [4.78, 5) is 14.2. The van der Waals surface area contributed by atoms with E-state index in [2.05, 4.69) is 4.98 Å². The van der Waals surface area contributed by atoms with Crippen LogP contribution < -0.4 is 5.73 Å². The monoisotopic (exact) mass is 211 g/mol. The van der Waals surface area contributed by atoms with E-state index in [1.165, 1.54) is 29.7 Å². The Bertz CT molecular complexity index is 476. The molecule has 2 aromatic rings. The maximum Gasteiger partial charge on any atom is 0.433 e. The molecule has 0 unspecified atom stereocenters. The maximum atomic E-state index is 10.3. The number of thiazole rings is 1. The molecule has 72 valence electrons. The highest BCUT2D eigenvalue weighted by atomic mass is 32.1. The Morgan fingerprint density at radius 2 is 2.36 bits per heavy atom. The molecule has 0 amide bonds. The molecule has 2 aromatic heterocycles. The minimum atomic E-state index is -0.589. The number of nitrogens with two attached hydrogens (primary N) is 1. The summed E-state index contributed by atoms with van der Waals surface area (Å²) in [6.07, 6.45) is 1.52. The van der Waals surface area contributed by atoms with E-state index in [0.29, 0.717) is 15.8 Å². The Labute approximate surface area is 82.1 Å². The third kappa shape index (κ3) is 1.44. The predicted octanol–water partition coefficient (Wildman–Crippen LogP) is 1.89. The van der Waals surface area contributed by atoms with Gasteiger partial charge in [0.25, 0.3) is 0 Å². The van der Waals surface area contributed by atoms with E-state index in [1.54, 1.807) is 0 Å². The van der Waals surface area contributed by atoms with Crippen molar-refractivity contribution >= 4 is 22.4 Å². The number of nitrogens with zero attached hydrogens (tertiary/aromatic N) is 2. The van der Waals surface area contributed by atoms with Gasteiger partial charge in [-0.25, -0.2) is 4.98 Å². The summed E-state index contributed by atoms with van der Waals surface area (Å²) >= 11 is 1.22. The summed E-state index contributed by atoms with van der Waals surface area (Å²) in [5.41, 5.74) is 5.41. The molecule has 0 aliphatic rings. The lowest BCUT2D eigenvalue weighted by molar-refractivity contribution is -0.401. The average molecular weight is 211 g/mol. The van der Waals surface area contributed by atoms with Crippen molar-refractivity contribution in [3.8, 4) is 10.6 Å². The van der Waals surface area contributed by atoms with Crippen molar-refractivity contribution in [2.75, 3.05) is 5.73 Å². The zero-order valence-corrected chi connectivity index (χ0v) is 7.65. The fraction of sp³-hybridized carbons (Fsp3) is 0. The first-order valence-electron chi connectivity index (χ1n) is 3.63. The first kappa shape index (κ1) is 8.70. The number of aromatic nitrogens is 1. The first-order valence-corrected chi connectivity index (χ1v) is 4.44. The van der Waals surface area contributed by atoms with Gasteiger partial charge in [0.05, 0.1) is 17.1 Å². The number of anilines is 1. The second kappa shape index (κ2) is 3.11. The Balaban J connectivity index is 2.38. The predicted molar refractivity (Wildman–Crippen MR) is 50.9 cm³/mol. The van der Waals surface area contributed by atoms with Crippen molar-refractivity contribution in [2.45, 2.75) is 0 Å². The zero-order valence-electron chi connectivity index (χ0n) is 6.84. The second-order valence-electron chi connectivity index (χ2n) is 2.46. The quantitative estimate of drug-likeness (QED) is 0.604. The standard InChI is InChI=1S/C7H5N3O3S/c8-7-9-3-5(14-7)4-1-2-6(13-4)10(11)12/h1-3H,(H2,8,9). The molecule has 0 saturated carbocycles. The van der Waals surface area contributed by atoms with Gasteiger partial charge in [-0.3, -0.25) is 10.1 Å². The third-order valence-corrected chi connectivity index (χ3v) is 2.38. The van der Waals surface area contributed by atoms with E-state index < -0.39 is 4.92 Å². The van der Waals surface area contributed by atoms with Crippen LogP contribution in [0.4, 0.5) is 11.0 Å². The summed E-state index contributed by atoms with van der Waals surface area (Å²) < 4.78 is 4.96. The van der Waals surface area contributed by atoms with E-state index in [9.17, 15) is 10.1 Å². The fourth-order valence-electron chi connectivity index (χ4n) is 0.960. The van der Waals surface area contributed by atoms with Crippen LogP contribution in [-0.4, -0.2) is 9.91 Å². The Morgan fingerprint density at radius 1 is 1.57 bits per heavy atom. The molecule has 6 nitrogen and oxygen atoms in total. The van der Waals surface area contributed by atoms with Crippen molar-refractivity contribution in [1.29, 1.82) is 0 Å². The van der Waals surface area contributed by atoms with E-state index in [1.807, 2.05) is 0 Å². The van der Waals surface area contributed by atoms with E-state index >= 15 is 0 Å². The highest BCUT2D eigenvalue weighted by Crippen LogP contribution is 2.30. The third-order valence-electron chi connectivity index (χ3n) is 1.54. The molecule has 0 atom stereocenters. The van der Waals surface area contributed by atoms with Crippen LogP contribution in [-0.2, 0) is 0 Å². The van der Waals surface area contributed by atoms with Crippen LogP contribution in [0.5, 0.6) is 0 Å². The van der Waals surface area contributed by atoms with Crippen molar-refractivity contribution in [3.05, 3.63) is 28.4 Å². The Hall–Kier alpha value is -1.89. The van der Waals surface area contributed by atoms with Gasteiger partial charge in [-0.2, -0.15) is 0 Å². The molecular weight excluding hydrogens is 206 g/mol. The fourth-order valence-corrected chi connectivity index (χ4v) is 1.61. The average Bonchev–Trinajstić information content (AvgIpc) is 2.70. The number of furan rings is 1. The van der Waals surface area contributed by atoms with Crippen LogP contribution in [0, 0.1) is 10.1 Å². The van der Waals surface area contributed by atoms with Crippen LogP contribution >= 0.6 is 11.3 Å². The molecule has 14 heavy (non-hydrogen) atoms. The second-order valence-corrected chi connectivity index (χ2v) is 3.52. The van der Waals surface area contributed by atoms with Crippen LogP contribution in [0.1, 0.15) is 0 Å². The molecule has 0 fully saturated rings. The summed E-state index contributed by atoms with van der Waals surface area (Å²) in [6, 6.07) is 2.82. The van der Waals surface area contributed by atoms with Crippen molar-refractivity contribution in [3.63, 3.8) is 0 Å². The highest BCUT2D eigenvalue weighted by Gasteiger charge is 2.14. The van der Waals surface area contributed by atoms with Crippen molar-refractivity contribution in [1.82, 2.24) is 4.98 Å². The minimum absolute atomic E-state index is 0.285. The van der Waals surface area contributed by atoms with Gasteiger partial charge in [0.2, 0.25) is 0 Å². The number of rotatable bonds is 2. The number of nitrogen functional groups attached to an aromatic ring is 1. The van der Waals surface area contributed by atoms with E-state index in [-0.39, 0.29) is 5.88 Å². The zero-order chi connectivity index (χ0) is 10.1. The summed E-state index contributed by atoms with van der Waals surface area (Å²) in [5, 5.41) is 10.7. The molecular formula is C7H5N3O3S. The number of hydrogen-bond donors (Lipinski definition) is 1.